The van der Waals surface area contributed by atoms with Gasteiger partial charge < -0.3 is 0 Å². The van der Waals surface area contributed by atoms with Crippen LogP contribution in [-0.4, -0.2) is 19.7 Å². The summed E-state index contributed by atoms with van der Waals surface area (Å²) in [7, 11) is 0. The molecule has 3 rings (SSSR count). The quantitative estimate of drug-likeness (QED) is 0.626. The summed E-state index contributed by atoms with van der Waals surface area (Å²) in [5.74, 6) is 0.888. The Balaban J connectivity index is 2.23. The van der Waals surface area contributed by atoms with Gasteiger partial charge in [-0.15, -0.1) is 21.5 Å². The van der Waals surface area contributed by atoms with Gasteiger partial charge in [0.1, 0.15) is 12.2 Å². The maximum atomic E-state index is 4.24. The number of fused-ring (bicyclic) bond motifs is 1. The molecule has 0 atom stereocenters. The van der Waals surface area contributed by atoms with Gasteiger partial charge in [-0.25, -0.2) is 4.98 Å². The Kier molecular flexibility index (Phi) is 1.78. The number of hydrogen-bond acceptors (Lipinski definition) is 4. The molecule has 0 unspecified atom stereocenters. The zero-order valence-corrected chi connectivity index (χ0v) is 8.90. The Labute approximate surface area is 90.2 Å². The predicted octanol–water partition coefficient (Wildman–Crippen LogP) is 2.19. The third kappa shape index (κ3) is 1.32. The molecule has 74 valence electrons. The molecule has 3 aromatic rings. The number of thiazole rings is 1. The van der Waals surface area contributed by atoms with Gasteiger partial charge in [-0.3, -0.25) is 4.57 Å². The topological polar surface area (TPSA) is 43.6 Å². The second-order valence-electron chi connectivity index (χ2n) is 3.25. The standard InChI is InChI=1S/C10H8N4S/c1-7-13-12-5-14(7)8-2-3-9-10(4-8)15-6-11-9/h2-6H,1H3. The zero-order valence-electron chi connectivity index (χ0n) is 8.08. The second-order valence-corrected chi connectivity index (χ2v) is 4.14. The summed E-state index contributed by atoms with van der Waals surface area (Å²) in [6.07, 6.45) is 1.72. The SMILES string of the molecule is Cc1nncn1-c1ccc2ncsc2c1. The Bertz CT molecular complexity index is 610. The Morgan fingerprint density at radius 2 is 2.27 bits per heavy atom. The first-order valence-corrected chi connectivity index (χ1v) is 5.43. The first-order valence-electron chi connectivity index (χ1n) is 4.55. The lowest BCUT2D eigenvalue weighted by atomic mass is 10.3. The molecule has 0 N–H and O–H groups in total. The fourth-order valence-electron chi connectivity index (χ4n) is 1.54. The van der Waals surface area contributed by atoms with E-state index in [2.05, 4.69) is 21.2 Å². The molecule has 15 heavy (non-hydrogen) atoms. The van der Waals surface area contributed by atoms with Crippen molar-refractivity contribution in [1.29, 1.82) is 0 Å². The molecule has 0 bridgehead atoms. The summed E-state index contributed by atoms with van der Waals surface area (Å²) < 4.78 is 3.14. The largest absolute Gasteiger partial charge is 0.286 e. The van der Waals surface area contributed by atoms with Crippen LogP contribution in [0.25, 0.3) is 15.9 Å². The van der Waals surface area contributed by atoms with E-state index in [9.17, 15) is 0 Å². The highest BCUT2D eigenvalue weighted by Crippen LogP contribution is 2.21. The van der Waals surface area contributed by atoms with Crippen LogP contribution in [-0.2, 0) is 0 Å². The summed E-state index contributed by atoms with van der Waals surface area (Å²) in [6, 6.07) is 6.14. The summed E-state index contributed by atoms with van der Waals surface area (Å²) in [5.41, 5.74) is 3.97. The van der Waals surface area contributed by atoms with Gasteiger partial charge in [-0.1, -0.05) is 0 Å². The van der Waals surface area contributed by atoms with Gasteiger partial charge in [0.05, 0.1) is 15.7 Å². The van der Waals surface area contributed by atoms with Crippen LogP contribution >= 0.6 is 11.3 Å². The summed E-state index contributed by atoms with van der Waals surface area (Å²) in [4.78, 5) is 4.24. The molecule has 2 aromatic heterocycles. The van der Waals surface area contributed by atoms with Crippen molar-refractivity contribution in [2.45, 2.75) is 6.92 Å². The minimum atomic E-state index is 0.888. The van der Waals surface area contributed by atoms with Gasteiger partial charge in [0.25, 0.3) is 0 Å². The fraction of sp³-hybridized carbons (Fsp3) is 0.100. The van der Waals surface area contributed by atoms with Crippen molar-refractivity contribution >= 4 is 21.6 Å². The van der Waals surface area contributed by atoms with E-state index in [1.54, 1.807) is 17.7 Å². The first-order chi connectivity index (χ1) is 7.34. The van der Waals surface area contributed by atoms with E-state index in [1.807, 2.05) is 29.1 Å². The molecular formula is C10H8N4S. The van der Waals surface area contributed by atoms with Gasteiger partial charge in [-0.2, -0.15) is 0 Å². The summed E-state index contributed by atoms with van der Waals surface area (Å²) in [5, 5.41) is 7.83. The highest BCUT2D eigenvalue weighted by Gasteiger charge is 2.03. The Morgan fingerprint density at radius 1 is 1.33 bits per heavy atom. The van der Waals surface area contributed by atoms with Crippen molar-refractivity contribution in [2.75, 3.05) is 0 Å². The Hall–Kier alpha value is -1.75. The average Bonchev–Trinajstić information content (AvgIpc) is 2.84. The molecule has 1 aromatic carbocycles. The lowest BCUT2D eigenvalue weighted by Crippen LogP contribution is -1.94. The molecule has 0 aliphatic carbocycles. The summed E-state index contributed by atoms with van der Waals surface area (Å²) >= 11 is 1.64. The Morgan fingerprint density at radius 3 is 3.07 bits per heavy atom. The van der Waals surface area contributed by atoms with Gasteiger partial charge in [-0.05, 0) is 25.1 Å². The van der Waals surface area contributed by atoms with Gasteiger partial charge in [0, 0.05) is 5.69 Å². The number of hydrogen-bond donors (Lipinski definition) is 0. The van der Waals surface area contributed by atoms with Gasteiger partial charge in [0.15, 0.2) is 0 Å². The lowest BCUT2D eigenvalue weighted by Gasteiger charge is -2.02. The molecule has 0 amide bonds. The van der Waals surface area contributed by atoms with Crippen LogP contribution in [0.5, 0.6) is 0 Å². The van der Waals surface area contributed by atoms with Crippen molar-refractivity contribution in [3.63, 3.8) is 0 Å². The first kappa shape index (κ1) is 8.55. The maximum Gasteiger partial charge on any atom is 0.134 e. The average molecular weight is 216 g/mol. The third-order valence-electron chi connectivity index (χ3n) is 2.31. The molecule has 0 saturated heterocycles. The van der Waals surface area contributed by atoms with E-state index < -0.39 is 0 Å². The van der Waals surface area contributed by atoms with Crippen molar-refractivity contribution < 1.29 is 0 Å². The molecule has 0 saturated carbocycles. The van der Waals surface area contributed by atoms with Crippen LogP contribution in [0.3, 0.4) is 0 Å². The number of nitrogens with zero attached hydrogens (tertiary/aromatic N) is 4. The maximum absolute atomic E-state index is 4.24. The van der Waals surface area contributed by atoms with Gasteiger partial charge in [0.2, 0.25) is 0 Å². The zero-order chi connectivity index (χ0) is 10.3. The summed E-state index contributed by atoms with van der Waals surface area (Å²) in [6.45, 7) is 1.93. The molecule has 0 radical (unpaired) electrons. The van der Waals surface area contributed by atoms with Crippen LogP contribution in [0, 0.1) is 6.92 Å². The second kappa shape index (κ2) is 3.13. The molecule has 0 aliphatic rings. The molecular weight excluding hydrogens is 208 g/mol. The molecule has 2 heterocycles. The lowest BCUT2D eigenvalue weighted by molar-refractivity contribution is 0.971. The van der Waals surface area contributed by atoms with Crippen LogP contribution in [0.2, 0.25) is 0 Å². The fourth-order valence-corrected chi connectivity index (χ4v) is 2.25. The van der Waals surface area contributed by atoms with Crippen molar-refractivity contribution in [2.24, 2.45) is 0 Å². The highest BCUT2D eigenvalue weighted by atomic mass is 32.1. The number of aromatic nitrogens is 4. The van der Waals surface area contributed by atoms with E-state index >= 15 is 0 Å². The van der Waals surface area contributed by atoms with E-state index in [0.717, 1.165) is 17.0 Å². The molecule has 4 nitrogen and oxygen atoms in total. The van der Waals surface area contributed by atoms with Crippen molar-refractivity contribution in [3.05, 3.63) is 35.9 Å². The van der Waals surface area contributed by atoms with Crippen molar-refractivity contribution in [1.82, 2.24) is 19.7 Å². The smallest absolute Gasteiger partial charge is 0.134 e. The minimum Gasteiger partial charge on any atom is -0.286 e. The molecule has 5 heteroatoms. The van der Waals surface area contributed by atoms with E-state index in [4.69, 9.17) is 0 Å². The van der Waals surface area contributed by atoms with Crippen LogP contribution in [0.1, 0.15) is 5.82 Å². The van der Waals surface area contributed by atoms with Crippen LogP contribution in [0.15, 0.2) is 30.0 Å². The highest BCUT2D eigenvalue weighted by molar-refractivity contribution is 7.16. The van der Waals surface area contributed by atoms with E-state index in [-0.39, 0.29) is 0 Å². The number of benzene rings is 1. The van der Waals surface area contributed by atoms with Crippen LogP contribution < -0.4 is 0 Å². The monoisotopic (exact) mass is 216 g/mol. The van der Waals surface area contributed by atoms with Crippen LogP contribution in [0.4, 0.5) is 0 Å². The molecule has 0 spiro atoms. The van der Waals surface area contributed by atoms with Crippen molar-refractivity contribution in [3.8, 4) is 5.69 Å². The van der Waals surface area contributed by atoms with E-state index in [0.29, 0.717) is 0 Å². The van der Waals surface area contributed by atoms with Gasteiger partial charge >= 0.3 is 0 Å². The predicted molar refractivity (Wildman–Crippen MR) is 59.3 cm³/mol. The molecule has 0 aliphatic heterocycles. The third-order valence-corrected chi connectivity index (χ3v) is 3.10. The minimum absolute atomic E-state index is 0.888. The molecule has 0 fully saturated rings. The number of aryl methyl sites for hydroxylation is 1. The normalized spacial score (nSPS) is 11.0. The number of rotatable bonds is 1. The van der Waals surface area contributed by atoms with E-state index in [1.165, 1.54) is 4.70 Å².